The summed E-state index contributed by atoms with van der Waals surface area (Å²) in [6, 6.07) is 6.46. The Labute approximate surface area is 81.1 Å². The Morgan fingerprint density at radius 3 is 2.57 bits per heavy atom. The van der Waals surface area contributed by atoms with Crippen LogP contribution in [-0.4, -0.2) is 18.6 Å². The lowest BCUT2D eigenvalue weighted by Crippen LogP contribution is -2.10. The average Bonchev–Trinajstić information content (AvgIpc) is 2.18. The van der Waals surface area contributed by atoms with E-state index in [1.54, 1.807) is 18.2 Å². The van der Waals surface area contributed by atoms with Gasteiger partial charge in [-0.15, -0.1) is 0 Å². The van der Waals surface area contributed by atoms with Gasteiger partial charge in [-0.2, -0.15) is 0 Å². The highest BCUT2D eigenvalue weighted by Gasteiger charge is 2.21. The maximum atomic E-state index is 12.2. The van der Waals surface area contributed by atoms with E-state index in [0.717, 1.165) is 0 Å². The second-order valence-corrected chi connectivity index (χ2v) is 2.91. The van der Waals surface area contributed by atoms with E-state index < -0.39 is 12.5 Å². The molecule has 0 aromatic heterocycles. The summed E-state index contributed by atoms with van der Waals surface area (Å²) in [5.41, 5.74) is 0.812. The van der Waals surface area contributed by atoms with Crippen molar-refractivity contribution in [3.8, 4) is 0 Å². The highest BCUT2D eigenvalue weighted by Crippen LogP contribution is 2.24. The van der Waals surface area contributed by atoms with Crippen LogP contribution in [0.1, 0.15) is 17.2 Å². The Balaban J connectivity index is 2.94. The van der Waals surface area contributed by atoms with Crippen LogP contribution >= 0.6 is 0 Å². The van der Waals surface area contributed by atoms with Gasteiger partial charge in [-0.1, -0.05) is 24.3 Å². The molecule has 0 saturated carbocycles. The van der Waals surface area contributed by atoms with Crippen molar-refractivity contribution >= 4 is 0 Å². The molecule has 0 heterocycles. The molecule has 0 saturated heterocycles. The molecule has 0 aliphatic carbocycles. The predicted octanol–water partition coefficient (Wildman–Crippen LogP) is 2.13. The van der Waals surface area contributed by atoms with Gasteiger partial charge in [0.1, 0.15) is 6.10 Å². The molecule has 0 aliphatic heterocycles. The van der Waals surface area contributed by atoms with Crippen molar-refractivity contribution in [2.45, 2.75) is 19.1 Å². The van der Waals surface area contributed by atoms with Crippen molar-refractivity contribution in [3.63, 3.8) is 0 Å². The third-order valence-electron chi connectivity index (χ3n) is 1.91. The SMILES string of the molecule is COCc1ccccc1C(O)C(F)F. The Kier molecular flexibility index (Phi) is 3.98. The Hall–Kier alpha value is -1.00. The maximum absolute atomic E-state index is 12.2. The molecule has 4 heteroatoms. The summed E-state index contributed by atoms with van der Waals surface area (Å²) >= 11 is 0. The monoisotopic (exact) mass is 202 g/mol. The van der Waals surface area contributed by atoms with Crippen LogP contribution in [-0.2, 0) is 11.3 Å². The molecule has 0 amide bonds. The molecule has 1 aromatic carbocycles. The van der Waals surface area contributed by atoms with Crippen LogP contribution in [0.15, 0.2) is 24.3 Å². The van der Waals surface area contributed by atoms with E-state index in [1.807, 2.05) is 0 Å². The van der Waals surface area contributed by atoms with Crippen molar-refractivity contribution < 1.29 is 18.6 Å². The van der Waals surface area contributed by atoms with Crippen LogP contribution in [0, 0.1) is 0 Å². The van der Waals surface area contributed by atoms with Crippen LogP contribution in [0.25, 0.3) is 0 Å². The van der Waals surface area contributed by atoms with Gasteiger partial charge in [-0.25, -0.2) is 8.78 Å². The molecule has 1 rings (SSSR count). The zero-order chi connectivity index (χ0) is 10.6. The average molecular weight is 202 g/mol. The standard InChI is InChI=1S/C10H12F2O2/c1-14-6-7-4-2-3-5-8(7)9(13)10(11)12/h2-5,9-10,13H,6H2,1H3. The summed E-state index contributed by atoms with van der Waals surface area (Å²) in [7, 11) is 1.48. The number of benzene rings is 1. The maximum Gasteiger partial charge on any atom is 0.268 e. The van der Waals surface area contributed by atoms with E-state index in [4.69, 9.17) is 4.74 Å². The third kappa shape index (κ3) is 2.49. The number of ether oxygens (including phenoxy) is 1. The first kappa shape index (κ1) is 11.1. The van der Waals surface area contributed by atoms with Crippen LogP contribution in [0.4, 0.5) is 8.78 Å². The summed E-state index contributed by atoms with van der Waals surface area (Å²) in [4.78, 5) is 0. The van der Waals surface area contributed by atoms with Crippen molar-refractivity contribution in [2.75, 3.05) is 7.11 Å². The topological polar surface area (TPSA) is 29.5 Å². The molecule has 2 nitrogen and oxygen atoms in total. The van der Waals surface area contributed by atoms with E-state index >= 15 is 0 Å². The zero-order valence-electron chi connectivity index (χ0n) is 7.78. The predicted molar refractivity (Wildman–Crippen MR) is 48.1 cm³/mol. The summed E-state index contributed by atoms with van der Waals surface area (Å²) in [6.07, 6.45) is -4.51. The fraction of sp³-hybridized carbons (Fsp3) is 0.400. The number of methoxy groups -OCH3 is 1. The number of alkyl halides is 2. The van der Waals surface area contributed by atoms with E-state index in [0.29, 0.717) is 5.56 Å². The lowest BCUT2D eigenvalue weighted by atomic mass is 10.0. The molecule has 0 radical (unpaired) electrons. The minimum absolute atomic E-state index is 0.222. The van der Waals surface area contributed by atoms with Crippen LogP contribution < -0.4 is 0 Å². The number of halogens is 2. The minimum Gasteiger partial charge on any atom is -0.382 e. The first-order valence-electron chi connectivity index (χ1n) is 4.19. The van der Waals surface area contributed by atoms with Gasteiger partial charge < -0.3 is 9.84 Å². The number of aliphatic hydroxyl groups excluding tert-OH is 1. The molecule has 0 spiro atoms. The van der Waals surface area contributed by atoms with Crippen molar-refractivity contribution in [3.05, 3.63) is 35.4 Å². The Morgan fingerprint density at radius 1 is 1.36 bits per heavy atom. The Morgan fingerprint density at radius 2 is 2.00 bits per heavy atom. The first-order chi connectivity index (χ1) is 6.66. The summed E-state index contributed by atoms with van der Waals surface area (Å²) < 4.78 is 29.3. The van der Waals surface area contributed by atoms with Gasteiger partial charge in [-0.05, 0) is 11.1 Å². The summed E-state index contributed by atoms with van der Waals surface area (Å²) in [5, 5.41) is 9.20. The van der Waals surface area contributed by atoms with Gasteiger partial charge in [0.05, 0.1) is 6.61 Å². The van der Waals surface area contributed by atoms with Gasteiger partial charge >= 0.3 is 0 Å². The summed E-state index contributed by atoms with van der Waals surface area (Å²) in [5.74, 6) is 0. The van der Waals surface area contributed by atoms with Crippen LogP contribution in [0.2, 0.25) is 0 Å². The van der Waals surface area contributed by atoms with Crippen LogP contribution in [0.5, 0.6) is 0 Å². The molecule has 1 N–H and O–H groups in total. The lowest BCUT2D eigenvalue weighted by molar-refractivity contribution is -0.00702. The highest BCUT2D eigenvalue weighted by atomic mass is 19.3. The van der Waals surface area contributed by atoms with Crippen molar-refractivity contribution in [1.82, 2.24) is 0 Å². The fourth-order valence-corrected chi connectivity index (χ4v) is 1.25. The summed E-state index contributed by atoms with van der Waals surface area (Å²) in [6.45, 7) is 0.222. The number of rotatable bonds is 4. The van der Waals surface area contributed by atoms with Crippen molar-refractivity contribution in [1.29, 1.82) is 0 Å². The van der Waals surface area contributed by atoms with E-state index in [2.05, 4.69) is 0 Å². The number of aliphatic hydroxyl groups is 1. The van der Waals surface area contributed by atoms with Gasteiger partial charge in [0.25, 0.3) is 6.43 Å². The molecular weight excluding hydrogens is 190 g/mol. The minimum atomic E-state index is -2.77. The molecular formula is C10H12F2O2. The Bertz CT molecular complexity index is 289. The smallest absolute Gasteiger partial charge is 0.268 e. The molecule has 0 aliphatic rings. The quantitative estimate of drug-likeness (QED) is 0.810. The first-order valence-corrected chi connectivity index (χ1v) is 4.19. The van der Waals surface area contributed by atoms with Gasteiger partial charge in [0.2, 0.25) is 0 Å². The molecule has 78 valence electrons. The van der Waals surface area contributed by atoms with Crippen molar-refractivity contribution in [2.24, 2.45) is 0 Å². The van der Waals surface area contributed by atoms with E-state index in [1.165, 1.54) is 13.2 Å². The van der Waals surface area contributed by atoms with E-state index in [9.17, 15) is 13.9 Å². The largest absolute Gasteiger partial charge is 0.382 e. The number of hydrogen-bond donors (Lipinski definition) is 1. The van der Waals surface area contributed by atoms with Gasteiger partial charge in [-0.3, -0.25) is 0 Å². The molecule has 1 unspecified atom stereocenters. The third-order valence-corrected chi connectivity index (χ3v) is 1.91. The number of hydrogen-bond acceptors (Lipinski definition) is 2. The highest BCUT2D eigenvalue weighted by molar-refractivity contribution is 5.28. The second kappa shape index (κ2) is 5.02. The fourth-order valence-electron chi connectivity index (χ4n) is 1.25. The molecule has 1 aromatic rings. The van der Waals surface area contributed by atoms with Gasteiger partial charge in [0.15, 0.2) is 0 Å². The second-order valence-electron chi connectivity index (χ2n) is 2.91. The molecule has 14 heavy (non-hydrogen) atoms. The van der Waals surface area contributed by atoms with Gasteiger partial charge in [0, 0.05) is 7.11 Å². The van der Waals surface area contributed by atoms with E-state index in [-0.39, 0.29) is 12.2 Å². The molecule has 0 fully saturated rings. The normalized spacial score (nSPS) is 13.2. The molecule has 1 atom stereocenters. The molecule has 0 bridgehead atoms. The zero-order valence-corrected chi connectivity index (χ0v) is 7.78. The lowest BCUT2D eigenvalue weighted by Gasteiger charge is -2.13. The van der Waals surface area contributed by atoms with Crippen LogP contribution in [0.3, 0.4) is 0 Å².